The smallest absolute Gasteiger partial charge is 0.106 e. The largest absolute Gasteiger partial charge is 0.349 e. The first kappa shape index (κ1) is 10.7. The lowest BCUT2D eigenvalue weighted by molar-refractivity contribution is 0.190. The molecule has 1 aliphatic rings. The van der Waals surface area contributed by atoms with E-state index in [1.54, 1.807) is 0 Å². The van der Waals surface area contributed by atoms with Gasteiger partial charge in [-0.05, 0) is 44.8 Å². The molecule has 1 aromatic rings. The summed E-state index contributed by atoms with van der Waals surface area (Å²) in [5.41, 5.74) is 0. The Bertz CT molecular complexity index is 266. The zero-order valence-corrected chi connectivity index (χ0v) is 9.58. The van der Waals surface area contributed by atoms with Crippen LogP contribution in [0.2, 0.25) is 0 Å². The third kappa shape index (κ3) is 3.34. The van der Waals surface area contributed by atoms with Crippen LogP contribution in [0.25, 0.3) is 0 Å². The van der Waals surface area contributed by atoms with Crippen LogP contribution in [0, 0.1) is 5.92 Å². The van der Waals surface area contributed by atoms with Crippen molar-refractivity contribution in [2.45, 2.75) is 32.6 Å². The lowest BCUT2D eigenvalue weighted by atomic mass is 9.99. The van der Waals surface area contributed by atoms with Crippen LogP contribution in [0.4, 0.5) is 0 Å². The Kier molecular flexibility index (Phi) is 3.78. The van der Waals surface area contributed by atoms with Gasteiger partial charge in [0.05, 0.1) is 0 Å². The van der Waals surface area contributed by atoms with Gasteiger partial charge in [0.1, 0.15) is 5.82 Å². The van der Waals surface area contributed by atoms with Crippen LogP contribution in [0.3, 0.4) is 0 Å². The highest BCUT2D eigenvalue weighted by molar-refractivity contribution is 4.87. The molecule has 3 nitrogen and oxygen atoms in total. The summed E-state index contributed by atoms with van der Waals surface area (Å²) in [5, 5.41) is 0. The topological polar surface area (TPSA) is 31.9 Å². The summed E-state index contributed by atoms with van der Waals surface area (Å²) in [6, 6.07) is 0. The van der Waals surface area contributed by atoms with Crippen molar-refractivity contribution in [1.29, 1.82) is 0 Å². The summed E-state index contributed by atoms with van der Waals surface area (Å²) in [4.78, 5) is 9.98. The van der Waals surface area contributed by atoms with Crippen molar-refractivity contribution in [2.75, 3.05) is 19.6 Å². The van der Waals surface area contributed by atoms with Gasteiger partial charge >= 0.3 is 0 Å². The van der Waals surface area contributed by atoms with E-state index in [2.05, 4.69) is 21.8 Å². The Labute approximate surface area is 93.4 Å². The summed E-state index contributed by atoms with van der Waals surface area (Å²) < 4.78 is 0. The minimum absolute atomic E-state index is 0. The van der Waals surface area contributed by atoms with Crippen LogP contribution in [0.15, 0.2) is 12.4 Å². The van der Waals surface area contributed by atoms with Crippen LogP contribution in [0.1, 0.15) is 33.4 Å². The fourth-order valence-corrected chi connectivity index (χ4v) is 2.19. The van der Waals surface area contributed by atoms with Crippen molar-refractivity contribution < 1.29 is 1.43 Å². The number of imidazole rings is 1. The Balaban J connectivity index is 0.00000128. The number of likely N-dealkylation sites (tertiary alicyclic amines) is 1. The second-order valence-electron chi connectivity index (χ2n) is 4.66. The van der Waals surface area contributed by atoms with Crippen molar-refractivity contribution in [3.63, 3.8) is 0 Å². The Morgan fingerprint density at radius 1 is 1.53 bits per heavy atom. The molecule has 0 amide bonds. The van der Waals surface area contributed by atoms with Gasteiger partial charge in [0.2, 0.25) is 0 Å². The molecule has 1 saturated heterocycles. The Morgan fingerprint density at radius 2 is 2.33 bits per heavy atom. The molecule has 3 heteroatoms. The van der Waals surface area contributed by atoms with E-state index in [0.29, 0.717) is 0 Å². The number of nitrogens with one attached hydrogen (secondary N) is 1. The zero-order chi connectivity index (χ0) is 10.5. The average molecular weight is 209 g/mol. The highest BCUT2D eigenvalue weighted by atomic mass is 15.1. The number of hydrogen-bond acceptors (Lipinski definition) is 2. The van der Waals surface area contributed by atoms with Gasteiger partial charge < -0.3 is 9.88 Å². The normalized spacial score (nSPS) is 19.5. The van der Waals surface area contributed by atoms with Gasteiger partial charge in [-0.15, -0.1) is 0 Å². The van der Waals surface area contributed by atoms with Crippen molar-refractivity contribution in [3.8, 4) is 0 Å². The number of nitrogens with zero attached hydrogens (tertiary/aromatic N) is 2. The standard InChI is InChI=1S/C12H21N3.H2/c1-11-4-9-15(10-5-11)8-2-3-12-13-6-7-14-12;/h6-7,11H,2-5,8-10H2,1H3,(H,13,14);1H. The maximum atomic E-state index is 4.24. The number of aryl methyl sites for hydroxylation is 1. The van der Waals surface area contributed by atoms with E-state index in [1.807, 2.05) is 12.4 Å². The van der Waals surface area contributed by atoms with Crippen molar-refractivity contribution >= 4 is 0 Å². The summed E-state index contributed by atoms with van der Waals surface area (Å²) in [7, 11) is 0. The number of aromatic nitrogens is 2. The molecule has 86 valence electrons. The third-order valence-electron chi connectivity index (χ3n) is 3.32. The van der Waals surface area contributed by atoms with E-state index in [0.717, 1.165) is 18.2 Å². The molecule has 1 aromatic heterocycles. The van der Waals surface area contributed by atoms with Gasteiger partial charge in [0.25, 0.3) is 0 Å². The monoisotopic (exact) mass is 209 g/mol. The Hall–Kier alpha value is -0.830. The van der Waals surface area contributed by atoms with Gasteiger partial charge in [-0.25, -0.2) is 4.98 Å². The van der Waals surface area contributed by atoms with Gasteiger partial charge in [-0.1, -0.05) is 6.92 Å². The van der Waals surface area contributed by atoms with Gasteiger partial charge in [0.15, 0.2) is 0 Å². The first-order chi connectivity index (χ1) is 7.34. The quantitative estimate of drug-likeness (QED) is 0.825. The molecule has 0 atom stereocenters. The molecule has 0 bridgehead atoms. The van der Waals surface area contributed by atoms with Crippen LogP contribution in [-0.2, 0) is 6.42 Å². The Morgan fingerprint density at radius 3 is 3.00 bits per heavy atom. The molecule has 1 aliphatic heterocycles. The number of hydrogen-bond donors (Lipinski definition) is 1. The van der Waals surface area contributed by atoms with Gasteiger partial charge in [0, 0.05) is 20.2 Å². The molecule has 1 fully saturated rings. The maximum Gasteiger partial charge on any atom is 0.106 e. The molecular formula is C12H23N3. The van der Waals surface area contributed by atoms with Crippen molar-refractivity contribution in [2.24, 2.45) is 5.92 Å². The van der Waals surface area contributed by atoms with Crippen LogP contribution in [-0.4, -0.2) is 34.5 Å². The fraction of sp³-hybridized carbons (Fsp3) is 0.750. The van der Waals surface area contributed by atoms with E-state index in [9.17, 15) is 0 Å². The SMILES string of the molecule is CC1CCN(CCCc2ncc[nH]2)CC1.[HH]. The molecule has 15 heavy (non-hydrogen) atoms. The first-order valence-electron chi connectivity index (χ1n) is 6.05. The second-order valence-corrected chi connectivity index (χ2v) is 4.66. The minimum Gasteiger partial charge on any atom is -0.349 e. The van der Waals surface area contributed by atoms with Crippen molar-refractivity contribution in [1.82, 2.24) is 14.9 Å². The molecule has 0 aliphatic carbocycles. The molecular weight excluding hydrogens is 186 g/mol. The maximum absolute atomic E-state index is 4.24. The lowest BCUT2D eigenvalue weighted by Gasteiger charge is -2.29. The lowest BCUT2D eigenvalue weighted by Crippen LogP contribution is -2.33. The molecule has 0 saturated carbocycles. The van der Waals surface area contributed by atoms with Crippen molar-refractivity contribution in [3.05, 3.63) is 18.2 Å². The summed E-state index contributed by atoms with van der Waals surface area (Å²) in [5.74, 6) is 2.06. The summed E-state index contributed by atoms with van der Waals surface area (Å²) in [6.07, 6.45) is 8.79. The highest BCUT2D eigenvalue weighted by Gasteiger charge is 2.14. The molecule has 2 rings (SSSR count). The number of H-pyrrole nitrogens is 1. The van der Waals surface area contributed by atoms with Crippen LogP contribution < -0.4 is 0 Å². The first-order valence-corrected chi connectivity index (χ1v) is 6.05. The summed E-state index contributed by atoms with van der Waals surface area (Å²) in [6.45, 7) is 6.17. The molecule has 1 N–H and O–H groups in total. The molecule has 0 unspecified atom stereocenters. The number of piperidine rings is 1. The predicted molar refractivity (Wildman–Crippen MR) is 63.9 cm³/mol. The summed E-state index contributed by atoms with van der Waals surface area (Å²) >= 11 is 0. The number of rotatable bonds is 4. The molecule has 0 radical (unpaired) electrons. The third-order valence-corrected chi connectivity index (χ3v) is 3.32. The highest BCUT2D eigenvalue weighted by Crippen LogP contribution is 2.16. The van der Waals surface area contributed by atoms with Crippen LogP contribution in [0.5, 0.6) is 0 Å². The molecule has 2 heterocycles. The van der Waals surface area contributed by atoms with E-state index < -0.39 is 0 Å². The van der Waals surface area contributed by atoms with Gasteiger partial charge in [-0.3, -0.25) is 0 Å². The molecule has 0 aromatic carbocycles. The predicted octanol–water partition coefficient (Wildman–Crippen LogP) is 2.32. The second kappa shape index (κ2) is 5.31. The molecule has 0 spiro atoms. The minimum atomic E-state index is 0. The fourth-order valence-electron chi connectivity index (χ4n) is 2.19. The van der Waals surface area contributed by atoms with Gasteiger partial charge in [-0.2, -0.15) is 0 Å². The van der Waals surface area contributed by atoms with E-state index >= 15 is 0 Å². The van der Waals surface area contributed by atoms with E-state index in [-0.39, 0.29) is 1.43 Å². The zero-order valence-electron chi connectivity index (χ0n) is 9.58. The number of aromatic amines is 1. The van der Waals surface area contributed by atoms with E-state index in [4.69, 9.17) is 0 Å². The van der Waals surface area contributed by atoms with E-state index in [1.165, 1.54) is 38.9 Å². The average Bonchev–Trinajstić information content (AvgIpc) is 2.74. The van der Waals surface area contributed by atoms with Crippen LogP contribution >= 0.6 is 0 Å².